The third kappa shape index (κ3) is 1.38. The van der Waals surface area contributed by atoms with Gasteiger partial charge in [-0.05, 0) is 35.5 Å². The molecule has 0 saturated heterocycles. The smallest absolute Gasteiger partial charge is 0.257 e. The summed E-state index contributed by atoms with van der Waals surface area (Å²) in [6.07, 6.45) is 1.06. The van der Waals surface area contributed by atoms with Gasteiger partial charge in [-0.1, -0.05) is 26.0 Å². The Kier molecular flexibility index (Phi) is 2.42. The van der Waals surface area contributed by atoms with Crippen LogP contribution in [0.4, 0.5) is 0 Å². The van der Waals surface area contributed by atoms with Crippen molar-refractivity contribution < 1.29 is 0 Å². The van der Waals surface area contributed by atoms with Crippen LogP contribution < -0.4 is 4.74 Å². The van der Waals surface area contributed by atoms with Gasteiger partial charge in [0.25, 0.3) is 4.74 Å². The molecule has 2 nitrogen and oxygen atoms in total. The number of aromatic amines is 1. The Balaban J connectivity index is 2.75. The minimum atomic E-state index is 0.149. The molecule has 0 fully saturated rings. The normalized spacial score (nSPS) is 13.3. The zero-order chi connectivity index (χ0) is 10.1. The van der Waals surface area contributed by atoms with E-state index in [1.165, 1.54) is 17.1 Å². The van der Waals surface area contributed by atoms with Crippen LogP contribution in [0.15, 0.2) is 23.0 Å². The zero-order valence-electron chi connectivity index (χ0n) is 8.33. The molecule has 1 atom stereocenters. The lowest BCUT2D eigenvalue weighted by molar-refractivity contribution is 0.739. The topological polar surface area (TPSA) is 32.9 Å². The number of nitrogens with one attached hydrogen (secondary N) is 1. The van der Waals surface area contributed by atoms with Crippen molar-refractivity contribution in [1.29, 1.82) is 0 Å². The molecule has 0 spiro atoms. The summed E-state index contributed by atoms with van der Waals surface area (Å²) >= 11 is 1.18. The molecule has 2 rings (SSSR count). The Morgan fingerprint density at radius 3 is 3.00 bits per heavy atom. The lowest BCUT2D eigenvalue weighted by Gasteiger charge is -2.08. The highest BCUT2D eigenvalue weighted by atomic mass is 32.1. The van der Waals surface area contributed by atoms with Gasteiger partial charge in [-0.2, -0.15) is 0 Å². The number of aromatic nitrogens is 1. The van der Waals surface area contributed by atoms with E-state index in [1.807, 2.05) is 12.1 Å². The summed E-state index contributed by atoms with van der Waals surface area (Å²) in [5.41, 5.74) is 2.14. The molecule has 0 bridgehead atoms. The Bertz CT molecular complexity index is 497. The number of hydrogen-bond donors (Lipinski definition) is 1. The second-order valence-electron chi connectivity index (χ2n) is 3.57. The molecule has 14 heavy (non-hydrogen) atoms. The third-order valence-electron chi connectivity index (χ3n) is 2.70. The van der Waals surface area contributed by atoms with Crippen LogP contribution in [0.1, 0.15) is 31.7 Å². The molecule has 0 aliphatic carbocycles. The van der Waals surface area contributed by atoms with Crippen LogP contribution in [0.25, 0.3) is 10.9 Å². The average molecular weight is 207 g/mol. The van der Waals surface area contributed by atoms with Crippen molar-refractivity contribution in [2.75, 3.05) is 0 Å². The lowest BCUT2D eigenvalue weighted by Crippen LogP contribution is -1.98. The van der Waals surface area contributed by atoms with Gasteiger partial charge in [0.2, 0.25) is 0 Å². The van der Waals surface area contributed by atoms with E-state index >= 15 is 0 Å². The van der Waals surface area contributed by atoms with E-state index < -0.39 is 0 Å². The Morgan fingerprint density at radius 2 is 2.29 bits per heavy atom. The van der Waals surface area contributed by atoms with Crippen molar-refractivity contribution in [3.63, 3.8) is 0 Å². The largest absolute Gasteiger partial charge is 0.307 e. The van der Waals surface area contributed by atoms with Gasteiger partial charge in [0.1, 0.15) is 0 Å². The van der Waals surface area contributed by atoms with Gasteiger partial charge < -0.3 is 4.37 Å². The standard InChI is InChI=1S/C11H13NOS/c1-3-7(2)8-5-4-6-9-10(8)11(13)14-12-9/h4-7,12H,3H2,1-2H3. The van der Waals surface area contributed by atoms with Gasteiger partial charge >= 0.3 is 0 Å². The Morgan fingerprint density at radius 1 is 1.50 bits per heavy atom. The number of rotatable bonds is 2. The molecule has 3 heteroatoms. The molecule has 0 aliphatic heterocycles. The average Bonchev–Trinajstić information content (AvgIpc) is 2.59. The van der Waals surface area contributed by atoms with Gasteiger partial charge in [-0.15, -0.1) is 0 Å². The van der Waals surface area contributed by atoms with Crippen molar-refractivity contribution in [1.82, 2.24) is 4.37 Å². The first-order valence-corrected chi connectivity index (χ1v) is 5.65. The monoisotopic (exact) mass is 207 g/mol. The predicted molar refractivity (Wildman–Crippen MR) is 61.2 cm³/mol. The number of hydrogen-bond acceptors (Lipinski definition) is 2. The van der Waals surface area contributed by atoms with Crippen molar-refractivity contribution >= 4 is 22.4 Å². The van der Waals surface area contributed by atoms with E-state index in [9.17, 15) is 4.79 Å². The maximum Gasteiger partial charge on any atom is 0.257 e. The van der Waals surface area contributed by atoms with Gasteiger partial charge in [-0.25, -0.2) is 0 Å². The fraction of sp³-hybridized carbons (Fsp3) is 0.364. The number of H-pyrrole nitrogens is 1. The highest BCUT2D eigenvalue weighted by Crippen LogP contribution is 2.25. The highest BCUT2D eigenvalue weighted by Gasteiger charge is 2.11. The minimum Gasteiger partial charge on any atom is -0.307 e. The summed E-state index contributed by atoms with van der Waals surface area (Å²) in [4.78, 5) is 11.6. The molecule has 2 aromatic rings. The molecular formula is C11H13NOS. The fourth-order valence-electron chi connectivity index (χ4n) is 1.67. The SMILES string of the molecule is CCC(C)c1cccc2[nH]sc(=O)c12. The molecule has 0 radical (unpaired) electrons. The second kappa shape index (κ2) is 3.58. The summed E-state index contributed by atoms with van der Waals surface area (Å²) in [6.45, 7) is 4.30. The molecule has 74 valence electrons. The van der Waals surface area contributed by atoms with Gasteiger partial charge in [0.15, 0.2) is 0 Å². The van der Waals surface area contributed by atoms with E-state index in [0.717, 1.165) is 17.3 Å². The van der Waals surface area contributed by atoms with Crippen molar-refractivity contribution in [2.45, 2.75) is 26.2 Å². The first-order chi connectivity index (χ1) is 6.74. The third-order valence-corrected chi connectivity index (χ3v) is 3.41. The maximum absolute atomic E-state index is 11.6. The molecule has 1 aromatic heterocycles. The quantitative estimate of drug-likeness (QED) is 0.806. The molecule has 1 unspecified atom stereocenters. The summed E-state index contributed by atoms with van der Waals surface area (Å²) in [5.74, 6) is 0.453. The van der Waals surface area contributed by atoms with Crippen LogP contribution in [-0.4, -0.2) is 4.37 Å². The summed E-state index contributed by atoms with van der Waals surface area (Å²) in [6, 6.07) is 6.02. The van der Waals surface area contributed by atoms with Gasteiger partial charge in [0, 0.05) is 0 Å². The summed E-state index contributed by atoms with van der Waals surface area (Å²) < 4.78 is 3.19. The Hall–Kier alpha value is -1.09. The van der Waals surface area contributed by atoms with E-state index in [4.69, 9.17) is 0 Å². The number of fused-ring (bicyclic) bond motifs is 1. The first kappa shape index (κ1) is 9.46. The molecule has 0 amide bonds. The Labute approximate surface area is 86.7 Å². The van der Waals surface area contributed by atoms with E-state index in [2.05, 4.69) is 24.3 Å². The molecule has 0 aliphatic rings. The lowest BCUT2D eigenvalue weighted by atomic mass is 9.96. The zero-order valence-corrected chi connectivity index (χ0v) is 9.15. The van der Waals surface area contributed by atoms with E-state index in [1.54, 1.807) is 0 Å². The van der Waals surface area contributed by atoms with Crippen molar-refractivity contribution in [3.8, 4) is 0 Å². The molecule has 1 heterocycles. The van der Waals surface area contributed by atoms with Crippen molar-refractivity contribution in [3.05, 3.63) is 33.3 Å². The van der Waals surface area contributed by atoms with Crippen LogP contribution in [0, 0.1) is 0 Å². The van der Waals surface area contributed by atoms with E-state index in [0.29, 0.717) is 5.92 Å². The van der Waals surface area contributed by atoms with Crippen LogP contribution in [-0.2, 0) is 0 Å². The first-order valence-electron chi connectivity index (χ1n) is 4.84. The molecule has 0 saturated carbocycles. The number of benzene rings is 1. The van der Waals surface area contributed by atoms with Crippen molar-refractivity contribution in [2.24, 2.45) is 0 Å². The molecule has 1 aromatic carbocycles. The van der Waals surface area contributed by atoms with Crippen LogP contribution in [0.5, 0.6) is 0 Å². The van der Waals surface area contributed by atoms with Crippen LogP contribution >= 0.6 is 11.5 Å². The van der Waals surface area contributed by atoms with Gasteiger partial charge in [0.05, 0.1) is 10.9 Å². The highest BCUT2D eigenvalue weighted by molar-refractivity contribution is 7.04. The van der Waals surface area contributed by atoms with Crippen LogP contribution in [0.2, 0.25) is 0 Å². The summed E-state index contributed by atoms with van der Waals surface area (Å²) in [5, 5.41) is 0.881. The predicted octanol–water partition coefficient (Wildman–Crippen LogP) is 3.10. The summed E-state index contributed by atoms with van der Waals surface area (Å²) in [7, 11) is 0. The van der Waals surface area contributed by atoms with E-state index in [-0.39, 0.29) is 4.74 Å². The second-order valence-corrected chi connectivity index (χ2v) is 4.35. The maximum atomic E-state index is 11.6. The fourth-order valence-corrected chi connectivity index (χ4v) is 2.37. The van der Waals surface area contributed by atoms with Crippen LogP contribution in [0.3, 0.4) is 0 Å². The minimum absolute atomic E-state index is 0.149. The van der Waals surface area contributed by atoms with Gasteiger partial charge in [-0.3, -0.25) is 4.79 Å². The molecule has 1 N–H and O–H groups in total. The molecular weight excluding hydrogens is 194 g/mol.